The van der Waals surface area contributed by atoms with Gasteiger partial charge in [0.25, 0.3) is 5.91 Å². The summed E-state index contributed by atoms with van der Waals surface area (Å²) in [5.74, 6) is 0.528. The summed E-state index contributed by atoms with van der Waals surface area (Å²) in [5, 5.41) is 10.2. The van der Waals surface area contributed by atoms with Gasteiger partial charge in [-0.05, 0) is 46.2 Å². The van der Waals surface area contributed by atoms with Crippen molar-refractivity contribution >= 4 is 5.91 Å². The van der Waals surface area contributed by atoms with Gasteiger partial charge in [-0.3, -0.25) is 4.79 Å². The van der Waals surface area contributed by atoms with Crippen LogP contribution in [0.5, 0.6) is 0 Å². The fourth-order valence-corrected chi connectivity index (χ4v) is 2.23. The van der Waals surface area contributed by atoms with Crippen LogP contribution in [-0.4, -0.2) is 30.2 Å². The zero-order valence-electron chi connectivity index (χ0n) is 10.4. The van der Waals surface area contributed by atoms with Crippen molar-refractivity contribution in [3.63, 3.8) is 0 Å². The van der Waals surface area contributed by atoms with Gasteiger partial charge in [0, 0.05) is 6.04 Å². The standard InChI is InChI=1S/C12H19N3O2/c1-8-11(9(2)17-15-8)12(16)14-10-4-3-6-13-7-5-10/h10,13H,3-7H2,1-2H3,(H,14,16). The molecule has 94 valence electrons. The molecule has 2 heterocycles. The summed E-state index contributed by atoms with van der Waals surface area (Å²) in [6.45, 7) is 5.56. The number of hydrogen-bond acceptors (Lipinski definition) is 4. The molecule has 0 saturated carbocycles. The second-order valence-electron chi connectivity index (χ2n) is 4.55. The third kappa shape index (κ3) is 2.85. The highest BCUT2D eigenvalue weighted by molar-refractivity contribution is 5.96. The molecule has 0 radical (unpaired) electrons. The molecular weight excluding hydrogens is 218 g/mol. The van der Waals surface area contributed by atoms with Gasteiger partial charge in [-0.25, -0.2) is 0 Å². The smallest absolute Gasteiger partial charge is 0.257 e. The second kappa shape index (κ2) is 5.31. The maximum atomic E-state index is 12.1. The summed E-state index contributed by atoms with van der Waals surface area (Å²) in [5.41, 5.74) is 1.24. The van der Waals surface area contributed by atoms with Crippen molar-refractivity contribution in [1.82, 2.24) is 15.8 Å². The van der Waals surface area contributed by atoms with Crippen LogP contribution in [0.1, 0.15) is 41.1 Å². The Balaban J connectivity index is 2.01. The van der Waals surface area contributed by atoms with E-state index in [1.54, 1.807) is 13.8 Å². The number of nitrogens with one attached hydrogen (secondary N) is 2. The normalized spacial score (nSPS) is 20.9. The van der Waals surface area contributed by atoms with E-state index in [2.05, 4.69) is 15.8 Å². The number of hydrogen-bond donors (Lipinski definition) is 2. The Morgan fingerprint density at radius 3 is 2.94 bits per heavy atom. The van der Waals surface area contributed by atoms with Crippen molar-refractivity contribution in [2.24, 2.45) is 0 Å². The first-order valence-corrected chi connectivity index (χ1v) is 6.13. The Kier molecular flexibility index (Phi) is 3.78. The lowest BCUT2D eigenvalue weighted by Crippen LogP contribution is -2.35. The number of carbonyl (C=O) groups excluding carboxylic acids is 1. The predicted molar refractivity (Wildman–Crippen MR) is 64.0 cm³/mol. The van der Waals surface area contributed by atoms with Gasteiger partial charge in [-0.15, -0.1) is 0 Å². The van der Waals surface area contributed by atoms with Crippen LogP contribution >= 0.6 is 0 Å². The number of aromatic nitrogens is 1. The molecule has 1 aromatic heterocycles. The molecule has 5 heteroatoms. The Bertz CT molecular complexity index is 373. The number of nitrogens with zero attached hydrogens (tertiary/aromatic N) is 1. The zero-order chi connectivity index (χ0) is 12.3. The van der Waals surface area contributed by atoms with Crippen LogP contribution in [0.25, 0.3) is 0 Å². The Morgan fingerprint density at radius 2 is 2.24 bits per heavy atom. The maximum absolute atomic E-state index is 12.1. The highest BCUT2D eigenvalue weighted by Gasteiger charge is 2.21. The molecule has 1 aliphatic rings. The summed E-state index contributed by atoms with van der Waals surface area (Å²) in [6.07, 6.45) is 3.11. The highest BCUT2D eigenvalue weighted by Crippen LogP contribution is 2.13. The van der Waals surface area contributed by atoms with E-state index >= 15 is 0 Å². The SMILES string of the molecule is Cc1noc(C)c1C(=O)NC1CCCNCC1. The van der Waals surface area contributed by atoms with E-state index in [9.17, 15) is 4.79 Å². The van der Waals surface area contributed by atoms with E-state index in [0.29, 0.717) is 17.0 Å². The number of aryl methyl sites for hydroxylation is 2. The van der Waals surface area contributed by atoms with Crippen LogP contribution in [0.4, 0.5) is 0 Å². The van der Waals surface area contributed by atoms with Crippen molar-refractivity contribution in [3.8, 4) is 0 Å². The fourth-order valence-electron chi connectivity index (χ4n) is 2.23. The summed E-state index contributed by atoms with van der Waals surface area (Å²) in [4.78, 5) is 12.1. The van der Waals surface area contributed by atoms with Gasteiger partial charge < -0.3 is 15.2 Å². The number of carbonyl (C=O) groups is 1. The van der Waals surface area contributed by atoms with E-state index in [1.165, 1.54) is 0 Å². The molecular formula is C12H19N3O2. The molecule has 1 unspecified atom stereocenters. The largest absolute Gasteiger partial charge is 0.361 e. The molecule has 1 amide bonds. The Hall–Kier alpha value is -1.36. The third-order valence-electron chi connectivity index (χ3n) is 3.17. The summed E-state index contributed by atoms with van der Waals surface area (Å²) in [6, 6.07) is 0.256. The fraction of sp³-hybridized carbons (Fsp3) is 0.667. The van der Waals surface area contributed by atoms with Gasteiger partial charge in [0.15, 0.2) is 0 Å². The Morgan fingerprint density at radius 1 is 1.41 bits per heavy atom. The summed E-state index contributed by atoms with van der Waals surface area (Å²) >= 11 is 0. The van der Waals surface area contributed by atoms with E-state index < -0.39 is 0 Å². The van der Waals surface area contributed by atoms with Crippen molar-refractivity contribution < 1.29 is 9.32 Å². The molecule has 2 N–H and O–H groups in total. The first-order chi connectivity index (χ1) is 8.18. The van der Waals surface area contributed by atoms with E-state index in [0.717, 1.165) is 32.4 Å². The van der Waals surface area contributed by atoms with Crippen molar-refractivity contribution in [1.29, 1.82) is 0 Å². The second-order valence-corrected chi connectivity index (χ2v) is 4.55. The molecule has 17 heavy (non-hydrogen) atoms. The molecule has 0 spiro atoms. The molecule has 1 atom stereocenters. The minimum atomic E-state index is -0.0619. The van der Waals surface area contributed by atoms with Crippen LogP contribution in [0.3, 0.4) is 0 Å². The summed E-state index contributed by atoms with van der Waals surface area (Å²) in [7, 11) is 0. The number of rotatable bonds is 2. The van der Waals surface area contributed by atoms with Gasteiger partial charge in [0.05, 0.1) is 5.69 Å². The van der Waals surface area contributed by atoms with Gasteiger partial charge >= 0.3 is 0 Å². The molecule has 5 nitrogen and oxygen atoms in total. The maximum Gasteiger partial charge on any atom is 0.257 e. The van der Waals surface area contributed by atoms with E-state index in [1.807, 2.05) is 0 Å². The van der Waals surface area contributed by atoms with Gasteiger partial charge in [0.2, 0.25) is 0 Å². The van der Waals surface area contributed by atoms with E-state index in [-0.39, 0.29) is 11.9 Å². The van der Waals surface area contributed by atoms with E-state index in [4.69, 9.17) is 4.52 Å². The minimum absolute atomic E-state index is 0.0619. The molecule has 0 bridgehead atoms. The van der Waals surface area contributed by atoms with Crippen LogP contribution in [0, 0.1) is 13.8 Å². The lowest BCUT2D eigenvalue weighted by atomic mass is 10.1. The van der Waals surface area contributed by atoms with Crippen LogP contribution in [0.2, 0.25) is 0 Å². The van der Waals surface area contributed by atoms with Crippen molar-refractivity contribution in [2.45, 2.75) is 39.2 Å². The molecule has 1 aliphatic heterocycles. The lowest BCUT2D eigenvalue weighted by Gasteiger charge is -2.15. The highest BCUT2D eigenvalue weighted by atomic mass is 16.5. The molecule has 0 aromatic carbocycles. The average Bonchev–Trinajstić information content (AvgIpc) is 2.53. The van der Waals surface area contributed by atoms with Crippen LogP contribution in [0.15, 0.2) is 4.52 Å². The molecule has 1 aromatic rings. The van der Waals surface area contributed by atoms with Crippen LogP contribution < -0.4 is 10.6 Å². The zero-order valence-corrected chi connectivity index (χ0v) is 10.4. The topological polar surface area (TPSA) is 67.2 Å². The Labute approximate surface area is 101 Å². The molecule has 1 saturated heterocycles. The third-order valence-corrected chi connectivity index (χ3v) is 3.17. The minimum Gasteiger partial charge on any atom is -0.361 e. The van der Waals surface area contributed by atoms with Crippen LogP contribution in [-0.2, 0) is 0 Å². The predicted octanol–water partition coefficient (Wildman–Crippen LogP) is 1.16. The lowest BCUT2D eigenvalue weighted by molar-refractivity contribution is 0.0932. The molecule has 0 aliphatic carbocycles. The summed E-state index contributed by atoms with van der Waals surface area (Å²) < 4.78 is 5.01. The van der Waals surface area contributed by atoms with Gasteiger partial charge in [-0.1, -0.05) is 5.16 Å². The quantitative estimate of drug-likeness (QED) is 0.810. The van der Waals surface area contributed by atoms with Gasteiger partial charge in [-0.2, -0.15) is 0 Å². The first-order valence-electron chi connectivity index (χ1n) is 6.13. The molecule has 2 rings (SSSR count). The molecule has 1 fully saturated rings. The van der Waals surface area contributed by atoms with Gasteiger partial charge in [0.1, 0.15) is 11.3 Å². The van der Waals surface area contributed by atoms with Crippen molar-refractivity contribution in [2.75, 3.05) is 13.1 Å². The average molecular weight is 237 g/mol. The van der Waals surface area contributed by atoms with Crippen molar-refractivity contribution in [3.05, 3.63) is 17.0 Å². The monoisotopic (exact) mass is 237 g/mol. The number of amides is 1. The first kappa shape index (κ1) is 12.1.